The van der Waals surface area contributed by atoms with Crippen LogP contribution in [0.15, 0.2) is 103 Å². The number of carbonyl (C=O) groups is 2. The van der Waals surface area contributed by atoms with Crippen LogP contribution in [0.4, 0.5) is 5.69 Å². The van der Waals surface area contributed by atoms with Gasteiger partial charge in [0.15, 0.2) is 6.61 Å². The minimum absolute atomic E-state index is 0.362. The van der Waals surface area contributed by atoms with Gasteiger partial charge in [0.25, 0.3) is 5.91 Å². The van der Waals surface area contributed by atoms with E-state index in [4.69, 9.17) is 4.74 Å². The summed E-state index contributed by atoms with van der Waals surface area (Å²) >= 11 is 0. The number of ether oxygens (including phenoxy) is 1. The van der Waals surface area contributed by atoms with E-state index in [9.17, 15) is 14.7 Å². The molecular weight excluding hydrogens is 390 g/mol. The second-order valence-electron chi connectivity index (χ2n) is 7.13. The fraction of sp³-hybridized carbons (Fsp3) is 0.0769. The van der Waals surface area contributed by atoms with E-state index in [0.29, 0.717) is 16.8 Å². The lowest BCUT2D eigenvalue weighted by Gasteiger charge is -2.26. The molecule has 0 aromatic heterocycles. The largest absolute Gasteiger partial charge is 0.453 e. The Morgan fingerprint density at radius 2 is 1.29 bits per heavy atom. The summed E-state index contributed by atoms with van der Waals surface area (Å²) < 4.78 is 5.24. The van der Waals surface area contributed by atoms with Gasteiger partial charge in [0.05, 0.1) is 0 Å². The number of anilines is 1. The Bertz CT molecular complexity index is 1170. The zero-order valence-corrected chi connectivity index (χ0v) is 16.7. The number of esters is 1. The van der Waals surface area contributed by atoms with Crippen molar-refractivity contribution in [3.05, 3.63) is 114 Å². The van der Waals surface area contributed by atoms with Gasteiger partial charge in [-0.3, -0.25) is 4.79 Å². The van der Waals surface area contributed by atoms with Gasteiger partial charge in [-0.15, -0.1) is 0 Å². The number of carbonyl (C=O) groups excluding carboxylic acids is 2. The van der Waals surface area contributed by atoms with E-state index >= 15 is 0 Å². The first-order chi connectivity index (χ1) is 15.1. The van der Waals surface area contributed by atoms with Crippen molar-refractivity contribution in [1.82, 2.24) is 0 Å². The maximum atomic E-state index is 12.9. The molecule has 0 radical (unpaired) electrons. The van der Waals surface area contributed by atoms with Gasteiger partial charge in [0, 0.05) is 5.69 Å². The van der Waals surface area contributed by atoms with Crippen LogP contribution in [0.3, 0.4) is 0 Å². The molecule has 2 N–H and O–H groups in total. The number of aliphatic hydroxyl groups is 1. The van der Waals surface area contributed by atoms with Gasteiger partial charge in [0.1, 0.15) is 0 Å². The van der Waals surface area contributed by atoms with Gasteiger partial charge in [-0.1, -0.05) is 91.0 Å². The van der Waals surface area contributed by atoms with E-state index in [-0.39, 0.29) is 0 Å². The van der Waals surface area contributed by atoms with Crippen LogP contribution in [0.25, 0.3) is 10.8 Å². The van der Waals surface area contributed by atoms with Gasteiger partial charge < -0.3 is 15.2 Å². The van der Waals surface area contributed by atoms with E-state index in [0.717, 1.165) is 10.8 Å². The molecule has 1 amide bonds. The van der Waals surface area contributed by atoms with Crippen LogP contribution < -0.4 is 5.32 Å². The number of fused-ring (bicyclic) bond motifs is 1. The average Bonchev–Trinajstić information content (AvgIpc) is 2.83. The van der Waals surface area contributed by atoms with Crippen molar-refractivity contribution in [2.24, 2.45) is 0 Å². The van der Waals surface area contributed by atoms with Crippen LogP contribution in [-0.4, -0.2) is 23.6 Å². The molecule has 0 atom stereocenters. The molecule has 154 valence electrons. The summed E-state index contributed by atoms with van der Waals surface area (Å²) in [6, 6.07) is 30.4. The molecule has 0 aliphatic rings. The van der Waals surface area contributed by atoms with Gasteiger partial charge in [0.2, 0.25) is 5.60 Å². The summed E-state index contributed by atoms with van der Waals surface area (Å²) in [5.41, 5.74) is -0.699. The molecule has 4 rings (SSSR count). The second kappa shape index (κ2) is 8.81. The third-order valence-electron chi connectivity index (χ3n) is 5.05. The van der Waals surface area contributed by atoms with Gasteiger partial charge in [-0.05, 0) is 34.0 Å². The molecule has 5 heteroatoms. The topological polar surface area (TPSA) is 75.6 Å². The molecule has 0 spiro atoms. The van der Waals surface area contributed by atoms with Crippen LogP contribution in [0.5, 0.6) is 0 Å². The summed E-state index contributed by atoms with van der Waals surface area (Å²) in [5.74, 6) is -1.41. The van der Waals surface area contributed by atoms with Crippen LogP contribution >= 0.6 is 0 Å². The normalized spacial score (nSPS) is 11.1. The number of hydrogen-bond donors (Lipinski definition) is 2. The van der Waals surface area contributed by atoms with Crippen molar-refractivity contribution in [1.29, 1.82) is 0 Å². The SMILES string of the molecule is O=C(COC(=O)C(O)(c1ccccc1)c1ccccc1)Nc1ccc2ccccc2c1. The first-order valence-corrected chi connectivity index (χ1v) is 9.86. The summed E-state index contributed by atoms with van der Waals surface area (Å²) in [6.45, 7) is -0.520. The molecule has 4 aromatic rings. The van der Waals surface area contributed by atoms with Crippen LogP contribution in [-0.2, 0) is 19.9 Å². The van der Waals surface area contributed by atoms with E-state index in [2.05, 4.69) is 5.32 Å². The number of hydrogen-bond acceptors (Lipinski definition) is 4. The minimum Gasteiger partial charge on any atom is -0.453 e. The smallest absolute Gasteiger partial charge is 0.348 e. The van der Waals surface area contributed by atoms with Crippen molar-refractivity contribution in [2.75, 3.05) is 11.9 Å². The van der Waals surface area contributed by atoms with E-state index in [1.54, 1.807) is 66.7 Å². The number of rotatable bonds is 6. The fourth-order valence-corrected chi connectivity index (χ4v) is 3.46. The third-order valence-corrected chi connectivity index (χ3v) is 5.05. The fourth-order valence-electron chi connectivity index (χ4n) is 3.46. The standard InChI is InChI=1S/C26H21NO4/c28-24(27-23-16-15-19-9-7-8-10-20(19)17-23)18-31-25(29)26(30,21-11-3-1-4-12-21)22-13-5-2-6-14-22/h1-17,30H,18H2,(H,27,28). The number of benzene rings is 4. The Labute approximate surface area is 179 Å². The predicted molar refractivity (Wildman–Crippen MR) is 119 cm³/mol. The molecule has 4 aromatic carbocycles. The predicted octanol–water partition coefficient (Wildman–Crippen LogP) is 4.26. The Morgan fingerprint density at radius 3 is 1.90 bits per heavy atom. The Hall–Kier alpha value is -3.96. The lowest BCUT2D eigenvalue weighted by Crippen LogP contribution is -2.39. The zero-order valence-electron chi connectivity index (χ0n) is 16.7. The highest BCUT2D eigenvalue weighted by Crippen LogP contribution is 2.31. The Kier molecular flexibility index (Phi) is 5.78. The summed E-state index contributed by atoms with van der Waals surface area (Å²) in [6.07, 6.45) is 0. The quantitative estimate of drug-likeness (QED) is 0.465. The molecule has 0 saturated heterocycles. The maximum absolute atomic E-state index is 12.9. The number of nitrogens with one attached hydrogen (secondary N) is 1. The van der Waals surface area contributed by atoms with Gasteiger partial charge in [-0.25, -0.2) is 4.79 Å². The monoisotopic (exact) mass is 411 g/mol. The van der Waals surface area contributed by atoms with Crippen molar-refractivity contribution in [3.63, 3.8) is 0 Å². The van der Waals surface area contributed by atoms with E-state index in [1.165, 1.54) is 0 Å². The lowest BCUT2D eigenvalue weighted by atomic mass is 9.86. The molecule has 0 unspecified atom stereocenters. The highest BCUT2D eigenvalue weighted by atomic mass is 16.6. The van der Waals surface area contributed by atoms with Crippen molar-refractivity contribution >= 4 is 28.3 Å². The van der Waals surface area contributed by atoms with Crippen molar-refractivity contribution in [3.8, 4) is 0 Å². The zero-order chi connectivity index (χ0) is 21.7. The Morgan fingerprint density at radius 1 is 0.742 bits per heavy atom. The number of amides is 1. The Balaban J connectivity index is 1.49. The van der Waals surface area contributed by atoms with E-state index in [1.807, 2.05) is 36.4 Å². The van der Waals surface area contributed by atoms with Crippen LogP contribution in [0, 0.1) is 0 Å². The summed E-state index contributed by atoms with van der Waals surface area (Å²) in [4.78, 5) is 25.3. The first-order valence-electron chi connectivity index (χ1n) is 9.86. The minimum atomic E-state index is -2.02. The summed E-state index contributed by atoms with van der Waals surface area (Å²) in [5, 5.41) is 16.1. The van der Waals surface area contributed by atoms with E-state index < -0.39 is 24.1 Å². The average molecular weight is 411 g/mol. The molecule has 31 heavy (non-hydrogen) atoms. The van der Waals surface area contributed by atoms with Gasteiger partial charge >= 0.3 is 5.97 Å². The second-order valence-corrected chi connectivity index (χ2v) is 7.13. The highest BCUT2D eigenvalue weighted by molar-refractivity contribution is 5.96. The molecule has 0 aliphatic heterocycles. The van der Waals surface area contributed by atoms with Crippen LogP contribution in [0.2, 0.25) is 0 Å². The van der Waals surface area contributed by atoms with Crippen molar-refractivity contribution in [2.45, 2.75) is 5.60 Å². The molecule has 0 heterocycles. The molecule has 0 bridgehead atoms. The third kappa shape index (κ3) is 4.32. The lowest BCUT2D eigenvalue weighted by molar-refractivity contribution is -0.163. The highest BCUT2D eigenvalue weighted by Gasteiger charge is 2.41. The van der Waals surface area contributed by atoms with Crippen molar-refractivity contribution < 1.29 is 19.4 Å². The molecule has 0 fully saturated rings. The molecule has 0 aliphatic carbocycles. The van der Waals surface area contributed by atoms with Crippen LogP contribution in [0.1, 0.15) is 11.1 Å². The molecule has 0 saturated carbocycles. The summed E-state index contributed by atoms with van der Waals surface area (Å²) in [7, 11) is 0. The molecule has 5 nitrogen and oxygen atoms in total. The molecular formula is C26H21NO4. The van der Waals surface area contributed by atoms with Gasteiger partial charge in [-0.2, -0.15) is 0 Å². The first kappa shape index (κ1) is 20.3. The maximum Gasteiger partial charge on any atom is 0.348 e.